The molecule has 5 rings (SSSR count). The molecule has 0 amide bonds. The van der Waals surface area contributed by atoms with Crippen LogP contribution < -0.4 is 15.2 Å². The molecule has 0 bridgehead atoms. The van der Waals surface area contributed by atoms with E-state index >= 15 is 0 Å². The zero-order valence-corrected chi connectivity index (χ0v) is 19.7. The number of ether oxygens (including phenoxy) is 2. The first-order chi connectivity index (χ1) is 16.5. The Labute approximate surface area is 199 Å². The molecule has 0 radical (unpaired) electrons. The fraction of sp³-hybridized carbons (Fsp3) is 0.423. The number of hydrogen-bond acceptors (Lipinski definition) is 7. The van der Waals surface area contributed by atoms with Gasteiger partial charge in [0.15, 0.2) is 6.10 Å². The Morgan fingerprint density at radius 2 is 2.00 bits per heavy atom. The van der Waals surface area contributed by atoms with Gasteiger partial charge in [0.25, 0.3) is 0 Å². The number of oxime groups is 1. The lowest BCUT2D eigenvalue weighted by Gasteiger charge is -2.36. The third-order valence-corrected chi connectivity index (χ3v) is 6.75. The molecule has 0 aromatic heterocycles. The maximum atomic E-state index is 13.4. The van der Waals surface area contributed by atoms with Gasteiger partial charge >= 0.3 is 0 Å². The van der Waals surface area contributed by atoms with Gasteiger partial charge in [0.05, 0.1) is 18.7 Å². The molecule has 2 atom stereocenters. The van der Waals surface area contributed by atoms with Gasteiger partial charge in [-0.15, -0.1) is 0 Å². The summed E-state index contributed by atoms with van der Waals surface area (Å²) in [6, 6.07) is 10.4. The third kappa shape index (κ3) is 4.74. The molecule has 1 saturated heterocycles. The van der Waals surface area contributed by atoms with Crippen molar-refractivity contribution in [1.82, 2.24) is 9.80 Å². The maximum absolute atomic E-state index is 13.4. The maximum Gasteiger partial charge on any atom is 0.151 e. The van der Waals surface area contributed by atoms with Crippen molar-refractivity contribution in [3.8, 4) is 11.5 Å². The number of nitrogens with two attached hydrogens (primary N) is 1. The van der Waals surface area contributed by atoms with Crippen LogP contribution in [0.1, 0.15) is 18.1 Å². The molecule has 34 heavy (non-hydrogen) atoms. The van der Waals surface area contributed by atoms with Gasteiger partial charge in [-0.1, -0.05) is 28.9 Å². The quantitative estimate of drug-likeness (QED) is 0.659. The number of benzene rings is 2. The first-order valence-electron chi connectivity index (χ1n) is 11.7. The highest BCUT2D eigenvalue weighted by Gasteiger charge is 2.41. The molecular weight excluding hydrogens is 435 g/mol. The SMILES string of the molecule is COc1cc2c(cc1N)OCC1C2=NOC1CN1CCN(C/C(C)=C/c2cccc(F)c2)CC1. The smallest absolute Gasteiger partial charge is 0.151 e. The third-order valence-electron chi connectivity index (χ3n) is 6.75. The van der Waals surface area contributed by atoms with Crippen LogP contribution in [-0.4, -0.2) is 74.6 Å². The van der Waals surface area contributed by atoms with E-state index < -0.39 is 0 Å². The Morgan fingerprint density at radius 1 is 1.21 bits per heavy atom. The molecular formula is C26H31FN4O3. The molecule has 0 aliphatic carbocycles. The van der Waals surface area contributed by atoms with Crippen LogP contribution in [0.25, 0.3) is 6.08 Å². The fourth-order valence-electron chi connectivity index (χ4n) is 4.95. The van der Waals surface area contributed by atoms with E-state index in [4.69, 9.17) is 20.0 Å². The molecule has 3 aliphatic heterocycles. The van der Waals surface area contributed by atoms with E-state index in [1.165, 1.54) is 11.6 Å². The lowest BCUT2D eigenvalue weighted by molar-refractivity contribution is 0.0101. The van der Waals surface area contributed by atoms with E-state index in [-0.39, 0.29) is 17.8 Å². The summed E-state index contributed by atoms with van der Waals surface area (Å²) in [4.78, 5) is 10.7. The van der Waals surface area contributed by atoms with Gasteiger partial charge in [-0.3, -0.25) is 9.80 Å². The highest BCUT2D eigenvalue weighted by atomic mass is 19.1. The summed E-state index contributed by atoms with van der Waals surface area (Å²) < 4.78 is 24.8. The molecule has 2 N–H and O–H groups in total. The van der Waals surface area contributed by atoms with Crippen LogP contribution in [0.2, 0.25) is 0 Å². The highest BCUT2D eigenvalue weighted by molar-refractivity contribution is 6.07. The van der Waals surface area contributed by atoms with E-state index in [1.807, 2.05) is 12.1 Å². The van der Waals surface area contributed by atoms with Crippen LogP contribution in [0.3, 0.4) is 0 Å². The van der Waals surface area contributed by atoms with E-state index in [0.29, 0.717) is 18.0 Å². The summed E-state index contributed by atoms with van der Waals surface area (Å²) in [5.41, 5.74) is 10.5. The average molecular weight is 467 g/mol. The Balaban J connectivity index is 1.14. The van der Waals surface area contributed by atoms with Crippen LogP contribution >= 0.6 is 0 Å². The number of fused-ring (bicyclic) bond motifs is 3. The first kappa shape index (κ1) is 22.7. The zero-order chi connectivity index (χ0) is 23.7. The molecule has 3 heterocycles. The Hall–Kier alpha value is -3.10. The minimum atomic E-state index is -0.202. The zero-order valence-electron chi connectivity index (χ0n) is 19.7. The molecule has 1 fully saturated rings. The number of halogens is 1. The summed E-state index contributed by atoms with van der Waals surface area (Å²) >= 11 is 0. The Morgan fingerprint density at radius 3 is 2.76 bits per heavy atom. The van der Waals surface area contributed by atoms with Gasteiger partial charge in [-0.05, 0) is 30.7 Å². The van der Waals surface area contributed by atoms with Gasteiger partial charge in [0, 0.05) is 50.9 Å². The van der Waals surface area contributed by atoms with Gasteiger partial charge in [-0.25, -0.2) is 4.39 Å². The Kier molecular flexibility index (Phi) is 6.43. The van der Waals surface area contributed by atoms with Crippen molar-refractivity contribution < 1.29 is 18.7 Å². The first-order valence-corrected chi connectivity index (χ1v) is 11.7. The number of hydrogen-bond donors (Lipinski definition) is 1. The van der Waals surface area contributed by atoms with E-state index in [2.05, 4.69) is 28.0 Å². The van der Waals surface area contributed by atoms with E-state index in [9.17, 15) is 4.39 Å². The summed E-state index contributed by atoms with van der Waals surface area (Å²) in [5.74, 6) is 1.24. The monoisotopic (exact) mass is 466 g/mol. The minimum absolute atomic E-state index is 0.0344. The standard InChI is InChI=1S/C26H31FN4O3/c1-17(10-18-4-3-5-19(27)11-18)14-30-6-8-31(9-7-30)15-25-21-16-33-23-13-22(28)24(32-2)12-20(23)26(21)29-34-25/h3-5,10-13,21,25H,6-9,14-16,28H2,1-2H3/b17-10+. The number of rotatable bonds is 6. The molecule has 2 unspecified atom stereocenters. The van der Waals surface area contributed by atoms with Crippen LogP contribution in [0.4, 0.5) is 10.1 Å². The van der Waals surface area contributed by atoms with Crippen LogP contribution in [0.15, 0.2) is 47.1 Å². The van der Waals surface area contributed by atoms with Crippen molar-refractivity contribution >= 4 is 17.5 Å². The number of nitrogens with zero attached hydrogens (tertiary/aromatic N) is 3. The van der Waals surface area contributed by atoms with Gasteiger partial charge in [0.1, 0.15) is 29.6 Å². The van der Waals surface area contributed by atoms with E-state index in [1.54, 1.807) is 25.3 Å². The predicted octanol–water partition coefficient (Wildman–Crippen LogP) is 3.25. The van der Waals surface area contributed by atoms with Crippen LogP contribution in [0, 0.1) is 11.7 Å². The van der Waals surface area contributed by atoms with Crippen molar-refractivity contribution in [2.24, 2.45) is 11.1 Å². The van der Waals surface area contributed by atoms with Crippen molar-refractivity contribution in [2.75, 3.05) is 58.7 Å². The predicted molar refractivity (Wildman–Crippen MR) is 131 cm³/mol. The minimum Gasteiger partial charge on any atom is -0.495 e. The fourth-order valence-corrected chi connectivity index (χ4v) is 4.95. The second-order valence-corrected chi connectivity index (χ2v) is 9.25. The molecule has 0 saturated carbocycles. The van der Waals surface area contributed by atoms with Crippen molar-refractivity contribution in [3.05, 3.63) is 58.9 Å². The Bertz CT molecular complexity index is 1110. The second kappa shape index (κ2) is 9.64. The summed E-state index contributed by atoms with van der Waals surface area (Å²) in [7, 11) is 1.60. The van der Waals surface area contributed by atoms with Crippen molar-refractivity contribution in [2.45, 2.75) is 13.0 Å². The lowest BCUT2D eigenvalue weighted by atomic mass is 9.89. The molecule has 2 aromatic rings. The molecule has 8 heteroatoms. The van der Waals surface area contributed by atoms with Gasteiger partial charge in [-0.2, -0.15) is 0 Å². The van der Waals surface area contributed by atoms with Crippen LogP contribution in [-0.2, 0) is 4.84 Å². The largest absolute Gasteiger partial charge is 0.495 e. The summed E-state index contributed by atoms with van der Waals surface area (Å²) in [6.07, 6.45) is 2.03. The number of nitrogen functional groups attached to an aromatic ring is 1. The molecule has 0 spiro atoms. The lowest BCUT2D eigenvalue weighted by Crippen LogP contribution is -2.50. The summed E-state index contributed by atoms with van der Waals surface area (Å²) in [5, 5.41) is 4.42. The molecule has 180 valence electrons. The molecule has 2 aromatic carbocycles. The second-order valence-electron chi connectivity index (χ2n) is 9.25. The van der Waals surface area contributed by atoms with E-state index in [0.717, 1.165) is 61.9 Å². The van der Waals surface area contributed by atoms with Crippen molar-refractivity contribution in [3.63, 3.8) is 0 Å². The topological polar surface area (TPSA) is 72.5 Å². The number of piperazine rings is 1. The average Bonchev–Trinajstić information content (AvgIpc) is 3.23. The van der Waals surface area contributed by atoms with Gasteiger partial charge in [0.2, 0.25) is 0 Å². The number of methoxy groups -OCH3 is 1. The normalized spacial score (nSPS) is 22.9. The van der Waals surface area contributed by atoms with Crippen LogP contribution in [0.5, 0.6) is 11.5 Å². The van der Waals surface area contributed by atoms with Gasteiger partial charge < -0.3 is 20.0 Å². The molecule has 3 aliphatic rings. The van der Waals surface area contributed by atoms with Crippen molar-refractivity contribution in [1.29, 1.82) is 0 Å². The number of anilines is 1. The highest BCUT2D eigenvalue weighted by Crippen LogP contribution is 2.39. The summed E-state index contributed by atoms with van der Waals surface area (Å²) in [6.45, 7) is 8.24. The molecule has 7 nitrogen and oxygen atoms in total.